The third kappa shape index (κ3) is 5.82. The second-order valence-corrected chi connectivity index (χ2v) is 7.21. The summed E-state index contributed by atoms with van der Waals surface area (Å²) in [7, 11) is -2.19. The summed E-state index contributed by atoms with van der Waals surface area (Å²) in [5, 5.41) is 5.20. The van der Waals surface area contributed by atoms with Crippen LogP contribution in [0.3, 0.4) is 0 Å². The van der Waals surface area contributed by atoms with Gasteiger partial charge in [0.2, 0.25) is 21.8 Å². The Morgan fingerprint density at radius 1 is 1.17 bits per heavy atom. The molecule has 2 amide bonds. The van der Waals surface area contributed by atoms with Crippen LogP contribution in [-0.2, 0) is 19.6 Å². The molecule has 0 aliphatic heterocycles. The highest BCUT2D eigenvalue weighted by atomic mass is 32.2. The van der Waals surface area contributed by atoms with Crippen molar-refractivity contribution in [1.82, 2.24) is 15.4 Å². The Morgan fingerprint density at radius 3 is 2.42 bits per heavy atom. The number of hydrogen-bond donors (Lipinski definition) is 3. The Morgan fingerprint density at radius 2 is 1.83 bits per heavy atom. The van der Waals surface area contributed by atoms with Crippen molar-refractivity contribution in [3.63, 3.8) is 0 Å². The predicted molar refractivity (Wildman–Crippen MR) is 87.0 cm³/mol. The number of amides is 2. The molecule has 0 heterocycles. The average Bonchev–Trinajstić information content (AvgIpc) is 3.37. The first kappa shape index (κ1) is 18.2. The number of sulfonamides is 1. The van der Waals surface area contributed by atoms with Gasteiger partial charge < -0.3 is 15.4 Å². The molecule has 2 rings (SSSR count). The fourth-order valence-electron chi connectivity index (χ4n) is 1.91. The molecule has 3 N–H and O–H groups in total. The fraction of sp³-hybridized carbons (Fsp3) is 0.467. The molecule has 9 heteroatoms. The maximum absolute atomic E-state index is 12.1. The minimum atomic E-state index is -3.68. The van der Waals surface area contributed by atoms with E-state index in [1.807, 2.05) is 0 Å². The van der Waals surface area contributed by atoms with Crippen LogP contribution in [-0.4, -0.2) is 46.5 Å². The number of nitrogens with one attached hydrogen (secondary N) is 3. The lowest BCUT2D eigenvalue weighted by Gasteiger charge is -2.08. The fourth-order valence-corrected chi connectivity index (χ4v) is 2.94. The Kier molecular flexibility index (Phi) is 6.16. The topological polar surface area (TPSA) is 114 Å². The van der Waals surface area contributed by atoms with Crippen LogP contribution < -0.4 is 20.1 Å². The van der Waals surface area contributed by atoms with Gasteiger partial charge in [0.25, 0.3) is 0 Å². The SMILES string of the molecule is COc1ccc(S(=O)(=O)NCCC(=O)NCC(=O)NC2CC2)cc1. The molecule has 0 bridgehead atoms. The number of ether oxygens (including phenoxy) is 1. The molecule has 0 spiro atoms. The van der Waals surface area contributed by atoms with Gasteiger partial charge in [-0.3, -0.25) is 9.59 Å². The number of carbonyl (C=O) groups is 2. The Hall–Kier alpha value is -2.13. The first-order chi connectivity index (χ1) is 11.4. The predicted octanol–water partition coefficient (Wildman–Crippen LogP) is -0.242. The van der Waals surface area contributed by atoms with Crippen LogP contribution in [0.2, 0.25) is 0 Å². The summed E-state index contributed by atoms with van der Waals surface area (Å²) in [4.78, 5) is 23.1. The lowest BCUT2D eigenvalue weighted by molar-refractivity contribution is -0.126. The Balaban J connectivity index is 1.71. The molecule has 1 aliphatic rings. The zero-order chi connectivity index (χ0) is 17.6. The molecule has 132 valence electrons. The van der Waals surface area contributed by atoms with Crippen molar-refractivity contribution in [3.05, 3.63) is 24.3 Å². The van der Waals surface area contributed by atoms with Gasteiger partial charge in [0, 0.05) is 19.0 Å². The minimum absolute atomic E-state index is 0.0495. The van der Waals surface area contributed by atoms with Crippen molar-refractivity contribution >= 4 is 21.8 Å². The smallest absolute Gasteiger partial charge is 0.240 e. The van der Waals surface area contributed by atoms with E-state index in [1.165, 1.54) is 19.2 Å². The van der Waals surface area contributed by atoms with Gasteiger partial charge >= 0.3 is 0 Å². The first-order valence-electron chi connectivity index (χ1n) is 7.60. The van der Waals surface area contributed by atoms with Gasteiger partial charge in [-0.2, -0.15) is 0 Å². The molecule has 8 nitrogen and oxygen atoms in total. The van der Waals surface area contributed by atoms with E-state index in [0.29, 0.717) is 5.75 Å². The van der Waals surface area contributed by atoms with Crippen LogP contribution in [0.5, 0.6) is 5.75 Å². The normalized spacial score (nSPS) is 14.0. The quantitative estimate of drug-likeness (QED) is 0.566. The maximum Gasteiger partial charge on any atom is 0.240 e. The van der Waals surface area contributed by atoms with E-state index in [0.717, 1.165) is 12.8 Å². The molecule has 1 aromatic rings. The van der Waals surface area contributed by atoms with Crippen LogP contribution in [0.25, 0.3) is 0 Å². The standard InChI is InChI=1S/C15H21N3O5S/c1-23-12-4-6-13(7-5-12)24(21,22)17-9-8-14(19)16-10-15(20)18-11-2-3-11/h4-7,11,17H,2-3,8-10H2,1H3,(H,16,19)(H,18,20). The molecule has 1 aromatic carbocycles. The molecule has 1 fully saturated rings. The highest BCUT2D eigenvalue weighted by molar-refractivity contribution is 7.89. The van der Waals surface area contributed by atoms with Crippen molar-refractivity contribution in [2.75, 3.05) is 20.2 Å². The number of hydrogen-bond acceptors (Lipinski definition) is 5. The summed E-state index contributed by atoms with van der Waals surface area (Å²) < 4.78 is 31.4. The second-order valence-electron chi connectivity index (χ2n) is 5.44. The molecule has 0 unspecified atom stereocenters. The number of methoxy groups -OCH3 is 1. The lowest BCUT2D eigenvalue weighted by atomic mass is 10.3. The van der Waals surface area contributed by atoms with E-state index < -0.39 is 15.9 Å². The van der Waals surface area contributed by atoms with E-state index in [1.54, 1.807) is 12.1 Å². The zero-order valence-corrected chi connectivity index (χ0v) is 14.2. The molecule has 1 saturated carbocycles. The first-order valence-corrected chi connectivity index (χ1v) is 9.09. The molecule has 24 heavy (non-hydrogen) atoms. The van der Waals surface area contributed by atoms with Crippen molar-refractivity contribution < 1.29 is 22.7 Å². The van der Waals surface area contributed by atoms with E-state index in [4.69, 9.17) is 4.74 Å². The zero-order valence-electron chi connectivity index (χ0n) is 13.4. The van der Waals surface area contributed by atoms with Crippen molar-refractivity contribution in [1.29, 1.82) is 0 Å². The largest absolute Gasteiger partial charge is 0.497 e. The molecule has 1 aliphatic carbocycles. The van der Waals surface area contributed by atoms with Crippen LogP contribution in [0.1, 0.15) is 19.3 Å². The summed E-state index contributed by atoms with van der Waals surface area (Å²) in [6, 6.07) is 6.16. The molecule has 0 aromatic heterocycles. The Labute approximate surface area is 141 Å². The third-order valence-corrected chi connectivity index (χ3v) is 4.88. The second kappa shape index (κ2) is 8.11. The molecular weight excluding hydrogens is 334 g/mol. The van der Waals surface area contributed by atoms with Crippen LogP contribution >= 0.6 is 0 Å². The van der Waals surface area contributed by atoms with Crippen LogP contribution in [0, 0.1) is 0 Å². The van der Waals surface area contributed by atoms with E-state index in [2.05, 4.69) is 15.4 Å². The highest BCUT2D eigenvalue weighted by Gasteiger charge is 2.23. The molecule has 0 radical (unpaired) electrons. The van der Waals surface area contributed by atoms with E-state index in [-0.39, 0.29) is 36.4 Å². The number of benzene rings is 1. The van der Waals surface area contributed by atoms with Gasteiger partial charge in [0.1, 0.15) is 5.75 Å². The molecule has 0 atom stereocenters. The van der Waals surface area contributed by atoms with Gasteiger partial charge in [-0.15, -0.1) is 0 Å². The van der Waals surface area contributed by atoms with Crippen LogP contribution in [0.4, 0.5) is 0 Å². The summed E-state index contributed by atoms with van der Waals surface area (Å²) in [5.41, 5.74) is 0. The van der Waals surface area contributed by atoms with Gasteiger partial charge in [0.15, 0.2) is 0 Å². The molecular formula is C15H21N3O5S. The van der Waals surface area contributed by atoms with Gasteiger partial charge in [-0.25, -0.2) is 13.1 Å². The lowest BCUT2D eigenvalue weighted by Crippen LogP contribution is -2.39. The monoisotopic (exact) mass is 355 g/mol. The number of carbonyl (C=O) groups excluding carboxylic acids is 2. The van der Waals surface area contributed by atoms with Crippen LogP contribution in [0.15, 0.2) is 29.2 Å². The number of rotatable bonds is 9. The third-order valence-electron chi connectivity index (χ3n) is 3.40. The summed E-state index contributed by atoms with van der Waals surface area (Å²) in [6.45, 7) is -0.148. The van der Waals surface area contributed by atoms with Crippen molar-refractivity contribution in [3.8, 4) is 5.75 Å². The summed E-state index contributed by atoms with van der Waals surface area (Å²) in [6.07, 6.45) is 1.91. The van der Waals surface area contributed by atoms with Crippen molar-refractivity contribution in [2.45, 2.75) is 30.2 Å². The maximum atomic E-state index is 12.1. The summed E-state index contributed by atoms with van der Waals surface area (Å²) >= 11 is 0. The minimum Gasteiger partial charge on any atom is -0.497 e. The van der Waals surface area contributed by atoms with E-state index >= 15 is 0 Å². The highest BCUT2D eigenvalue weighted by Crippen LogP contribution is 2.18. The van der Waals surface area contributed by atoms with Crippen molar-refractivity contribution in [2.24, 2.45) is 0 Å². The van der Waals surface area contributed by atoms with Gasteiger partial charge in [-0.05, 0) is 37.1 Å². The Bertz CT molecular complexity index is 684. The summed E-state index contributed by atoms with van der Waals surface area (Å²) in [5.74, 6) is -0.0687. The van der Waals surface area contributed by atoms with E-state index in [9.17, 15) is 18.0 Å². The molecule has 0 saturated heterocycles. The van der Waals surface area contributed by atoms with Gasteiger partial charge in [-0.1, -0.05) is 0 Å². The average molecular weight is 355 g/mol. The van der Waals surface area contributed by atoms with Gasteiger partial charge in [0.05, 0.1) is 18.6 Å².